The minimum atomic E-state index is -0.534. The highest BCUT2D eigenvalue weighted by atomic mass is 16.5. The van der Waals surface area contributed by atoms with Gasteiger partial charge in [-0.15, -0.1) is 0 Å². The van der Waals surface area contributed by atoms with Gasteiger partial charge in [0.05, 0.1) is 25.5 Å². The normalized spacial score (nSPS) is 20.5. The molecule has 0 bridgehead atoms. The summed E-state index contributed by atoms with van der Waals surface area (Å²) in [6, 6.07) is 3.75. The van der Waals surface area contributed by atoms with E-state index in [-0.39, 0.29) is 5.91 Å². The smallest absolute Gasteiger partial charge is 0.290 e. The van der Waals surface area contributed by atoms with Crippen molar-refractivity contribution in [2.45, 2.75) is 13.0 Å². The Morgan fingerprint density at radius 3 is 3.12 bits per heavy atom. The van der Waals surface area contributed by atoms with E-state index in [4.69, 9.17) is 14.4 Å². The Morgan fingerprint density at radius 2 is 2.50 bits per heavy atom. The van der Waals surface area contributed by atoms with Crippen LogP contribution < -0.4 is 0 Å². The predicted molar refractivity (Wildman–Crippen MR) is 54.7 cm³/mol. The van der Waals surface area contributed by atoms with Gasteiger partial charge in [-0.3, -0.25) is 4.79 Å². The number of hydrogen-bond donors (Lipinski definition) is 0. The van der Waals surface area contributed by atoms with E-state index in [0.29, 0.717) is 25.5 Å². The second-order valence-electron chi connectivity index (χ2n) is 3.67. The Labute approximate surface area is 93.2 Å². The molecule has 1 unspecified atom stereocenters. The summed E-state index contributed by atoms with van der Waals surface area (Å²) in [5.74, 6) is 0.171. The molecule has 0 aliphatic carbocycles. The highest BCUT2D eigenvalue weighted by molar-refractivity contribution is 5.92. The molecule has 1 fully saturated rings. The molecule has 0 N–H and O–H groups in total. The summed E-state index contributed by atoms with van der Waals surface area (Å²) in [5, 5.41) is 8.74. The quantitative estimate of drug-likeness (QED) is 0.706. The van der Waals surface area contributed by atoms with Gasteiger partial charge in [0.15, 0.2) is 11.9 Å². The fraction of sp³-hybridized carbons (Fsp3) is 0.455. The van der Waals surface area contributed by atoms with E-state index in [1.807, 2.05) is 13.0 Å². The van der Waals surface area contributed by atoms with Crippen LogP contribution >= 0.6 is 0 Å². The molecular weight excluding hydrogens is 208 g/mol. The van der Waals surface area contributed by atoms with Crippen molar-refractivity contribution < 1.29 is 13.9 Å². The average molecular weight is 220 g/mol. The number of morpholine rings is 1. The predicted octanol–water partition coefficient (Wildman–Crippen LogP) is 0.953. The maximum absolute atomic E-state index is 12.0. The van der Waals surface area contributed by atoms with Gasteiger partial charge in [0.25, 0.3) is 5.91 Å². The first-order chi connectivity index (χ1) is 7.72. The van der Waals surface area contributed by atoms with Crippen LogP contribution in [0.5, 0.6) is 0 Å². The number of carbonyl (C=O) groups excluding carboxylic acids is 1. The van der Waals surface area contributed by atoms with Crippen molar-refractivity contribution in [2.75, 3.05) is 19.7 Å². The lowest BCUT2D eigenvalue weighted by Gasteiger charge is -2.29. The number of rotatable bonds is 1. The van der Waals surface area contributed by atoms with Crippen molar-refractivity contribution in [3.63, 3.8) is 0 Å². The fourth-order valence-electron chi connectivity index (χ4n) is 1.65. The first-order valence-electron chi connectivity index (χ1n) is 5.07. The number of nitrogens with zero attached hydrogens (tertiary/aromatic N) is 2. The lowest BCUT2D eigenvalue weighted by molar-refractivity contribution is 0.00207. The van der Waals surface area contributed by atoms with Crippen molar-refractivity contribution >= 4 is 5.91 Å². The summed E-state index contributed by atoms with van der Waals surface area (Å²) in [6.07, 6.45) is 0.957. The molecule has 1 aromatic heterocycles. The lowest BCUT2D eigenvalue weighted by atomic mass is 10.2. The van der Waals surface area contributed by atoms with E-state index in [1.165, 1.54) is 6.26 Å². The van der Waals surface area contributed by atoms with Crippen molar-refractivity contribution in [3.05, 3.63) is 23.7 Å². The van der Waals surface area contributed by atoms with E-state index in [2.05, 4.69) is 0 Å². The van der Waals surface area contributed by atoms with E-state index >= 15 is 0 Å². The molecule has 1 saturated heterocycles. The summed E-state index contributed by atoms with van der Waals surface area (Å²) in [6.45, 7) is 3.01. The molecule has 84 valence electrons. The van der Waals surface area contributed by atoms with E-state index in [1.54, 1.807) is 11.0 Å². The highest BCUT2D eigenvalue weighted by Gasteiger charge is 2.27. The molecule has 0 saturated carbocycles. The molecule has 0 aromatic carbocycles. The number of carbonyl (C=O) groups is 1. The van der Waals surface area contributed by atoms with Gasteiger partial charge in [0.2, 0.25) is 0 Å². The van der Waals surface area contributed by atoms with Gasteiger partial charge in [0, 0.05) is 12.1 Å². The Kier molecular flexibility index (Phi) is 2.93. The summed E-state index contributed by atoms with van der Waals surface area (Å²) >= 11 is 0. The molecule has 1 amide bonds. The zero-order valence-electron chi connectivity index (χ0n) is 8.97. The maximum Gasteiger partial charge on any atom is 0.290 e. The Hall–Kier alpha value is -1.80. The van der Waals surface area contributed by atoms with E-state index < -0.39 is 6.10 Å². The first kappa shape index (κ1) is 10.7. The van der Waals surface area contributed by atoms with Gasteiger partial charge in [0.1, 0.15) is 0 Å². The highest BCUT2D eigenvalue weighted by Crippen LogP contribution is 2.14. The van der Waals surface area contributed by atoms with Crippen molar-refractivity contribution in [3.8, 4) is 6.07 Å². The van der Waals surface area contributed by atoms with Crippen LogP contribution in [0.2, 0.25) is 0 Å². The summed E-state index contributed by atoms with van der Waals surface area (Å²) in [4.78, 5) is 13.6. The molecule has 1 aliphatic rings. The van der Waals surface area contributed by atoms with Gasteiger partial charge in [-0.2, -0.15) is 5.26 Å². The van der Waals surface area contributed by atoms with Crippen LogP contribution in [-0.4, -0.2) is 36.6 Å². The Morgan fingerprint density at radius 1 is 1.69 bits per heavy atom. The molecule has 2 rings (SSSR count). The molecule has 0 radical (unpaired) electrons. The van der Waals surface area contributed by atoms with Gasteiger partial charge < -0.3 is 14.1 Å². The first-order valence-corrected chi connectivity index (χ1v) is 5.07. The number of amides is 1. The zero-order chi connectivity index (χ0) is 11.5. The Balaban J connectivity index is 2.11. The van der Waals surface area contributed by atoms with Gasteiger partial charge >= 0.3 is 0 Å². The van der Waals surface area contributed by atoms with Crippen LogP contribution in [0.3, 0.4) is 0 Å². The third kappa shape index (κ3) is 1.92. The van der Waals surface area contributed by atoms with Crippen LogP contribution in [0.25, 0.3) is 0 Å². The lowest BCUT2D eigenvalue weighted by Crippen LogP contribution is -2.45. The minimum absolute atomic E-state index is 0.175. The second-order valence-corrected chi connectivity index (χ2v) is 3.67. The molecule has 2 heterocycles. The minimum Gasteiger partial charge on any atom is -0.459 e. The molecule has 16 heavy (non-hydrogen) atoms. The van der Waals surface area contributed by atoms with Crippen molar-refractivity contribution in [1.29, 1.82) is 5.26 Å². The van der Waals surface area contributed by atoms with Crippen molar-refractivity contribution in [1.82, 2.24) is 4.90 Å². The molecule has 1 aliphatic heterocycles. The topological polar surface area (TPSA) is 66.5 Å². The maximum atomic E-state index is 12.0. The van der Waals surface area contributed by atoms with Gasteiger partial charge in [-0.1, -0.05) is 0 Å². The monoisotopic (exact) mass is 220 g/mol. The standard InChI is InChI=1S/C11H12N2O3/c1-8-2-4-16-10(8)11(14)13-3-5-15-9(6-12)7-13/h2,4,9H,3,5,7H2,1H3. The molecule has 1 aromatic rings. The molecular formula is C11H12N2O3. The van der Waals surface area contributed by atoms with E-state index in [9.17, 15) is 4.79 Å². The van der Waals surface area contributed by atoms with Crippen molar-refractivity contribution in [2.24, 2.45) is 0 Å². The second kappa shape index (κ2) is 4.37. The van der Waals surface area contributed by atoms with Crippen LogP contribution in [0.4, 0.5) is 0 Å². The molecule has 5 nitrogen and oxygen atoms in total. The van der Waals surface area contributed by atoms with Crippen LogP contribution in [0, 0.1) is 18.3 Å². The summed E-state index contributed by atoms with van der Waals surface area (Å²) < 4.78 is 10.3. The molecule has 0 spiro atoms. The largest absolute Gasteiger partial charge is 0.459 e. The third-order valence-corrected chi connectivity index (χ3v) is 2.55. The fourth-order valence-corrected chi connectivity index (χ4v) is 1.65. The SMILES string of the molecule is Cc1ccoc1C(=O)N1CCOC(C#N)C1. The summed E-state index contributed by atoms with van der Waals surface area (Å²) in [7, 11) is 0. The number of ether oxygens (including phenoxy) is 1. The van der Waals surface area contributed by atoms with Gasteiger partial charge in [-0.05, 0) is 13.0 Å². The van der Waals surface area contributed by atoms with Crippen LogP contribution in [0.1, 0.15) is 16.1 Å². The third-order valence-electron chi connectivity index (χ3n) is 2.55. The van der Waals surface area contributed by atoms with Gasteiger partial charge in [-0.25, -0.2) is 0 Å². The number of nitriles is 1. The van der Waals surface area contributed by atoms with E-state index in [0.717, 1.165) is 5.56 Å². The molecule has 1 atom stereocenters. The Bertz CT molecular complexity index is 433. The average Bonchev–Trinajstić information content (AvgIpc) is 2.74. The number of furan rings is 1. The van der Waals surface area contributed by atoms with Crippen LogP contribution in [0.15, 0.2) is 16.7 Å². The zero-order valence-corrected chi connectivity index (χ0v) is 8.97. The molecule has 5 heteroatoms. The summed E-state index contributed by atoms with van der Waals surface area (Å²) in [5.41, 5.74) is 0.810. The van der Waals surface area contributed by atoms with Crippen LogP contribution in [-0.2, 0) is 4.74 Å². The number of hydrogen-bond acceptors (Lipinski definition) is 4. The number of aryl methyl sites for hydroxylation is 1.